The van der Waals surface area contributed by atoms with Gasteiger partial charge in [0.2, 0.25) is 0 Å². The maximum atomic E-state index is 11.3. The zero-order valence-electron chi connectivity index (χ0n) is 20.7. The Kier molecular flexibility index (Phi) is 9.12. The number of carboxylic acid groups (broad SMARTS) is 1. The van der Waals surface area contributed by atoms with Gasteiger partial charge in [-0.1, -0.05) is 45.0 Å². The average molecular weight is 445 g/mol. The average Bonchev–Trinajstić information content (AvgIpc) is 2.71. The molecular weight excluding hydrogens is 400 g/mol. The Bertz CT molecular complexity index is 716. The van der Waals surface area contributed by atoms with E-state index < -0.39 is 5.97 Å². The van der Waals surface area contributed by atoms with Gasteiger partial charge in [0.1, 0.15) is 0 Å². The van der Waals surface area contributed by atoms with Crippen LogP contribution in [0, 0.1) is 5.92 Å². The number of carboxylic acids is 1. The quantitative estimate of drug-likeness (QED) is 0.770. The summed E-state index contributed by atoms with van der Waals surface area (Å²) in [6.07, 6.45) is 2.14. The number of benzene rings is 1. The molecule has 180 valence electrons. The monoisotopic (exact) mass is 444 g/mol. The summed E-state index contributed by atoms with van der Waals surface area (Å²) in [5.74, 6) is -0.146. The van der Waals surface area contributed by atoms with Gasteiger partial charge in [0, 0.05) is 58.9 Å². The van der Waals surface area contributed by atoms with Crippen LogP contribution in [0.15, 0.2) is 24.3 Å². The first-order valence-electron chi connectivity index (χ1n) is 12.4. The molecule has 2 aliphatic rings. The molecule has 1 aromatic carbocycles. The highest BCUT2D eigenvalue weighted by Gasteiger charge is 2.23. The van der Waals surface area contributed by atoms with E-state index in [4.69, 9.17) is 0 Å². The fourth-order valence-electron chi connectivity index (χ4n) is 5.04. The molecule has 2 saturated heterocycles. The van der Waals surface area contributed by atoms with Crippen molar-refractivity contribution in [3.8, 4) is 0 Å². The van der Waals surface area contributed by atoms with Gasteiger partial charge in [-0.15, -0.1) is 0 Å². The van der Waals surface area contributed by atoms with Crippen LogP contribution in [0.1, 0.15) is 38.3 Å². The molecule has 6 heteroatoms. The van der Waals surface area contributed by atoms with E-state index in [1.807, 2.05) is 0 Å². The van der Waals surface area contributed by atoms with Gasteiger partial charge in [0.15, 0.2) is 0 Å². The number of hydrogen-bond acceptors (Lipinski definition) is 5. The molecule has 2 fully saturated rings. The third-order valence-electron chi connectivity index (χ3n) is 7.00. The molecule has 0 spiro atoms. The van der Waals surface area contributed by atoms with Crippen molar-refractivity contribution in [2.24, 2.45) is 5.92 Å². The van der Waals surface area contributed by atoms with E-state index >= 15 is 0 Å². The van der Waals surface area contributed by atoms with Crippen molar-refractivity contribution >= 4 is 5.97 Å². The molecule has 1 N–H and O–H groups in total. The number of hydrogen-bond donors (Lipinski definition) is 1. The molecule has 1 aromatic rings. The van der Waals surface area contributed by atoms with Gasteiger partial charge in [-0.05, 0) is 48.9 Å². The summed E-state index contributed by atoms with van der Waals surface area (Å²) in [5.41, 5.74) is 2.99. The van der Waals surface area contributed by atoms with Gasteiger partial charge in [-0.25, -0.2) is 0 Å². The van der Waals surface area contributed by atoms with Crippen LogP contribution in [0.5, 0.6) is 0 Å². The highest BCUT2D eigenvalue weighted by Crippen LogP contribution is 2.23. The van der Waals surface area contributed by atoms with E-state index in [9.17, 15) is 9.90 Å². The lowest BCUT2D eigenvalue weighted by atomic mass is 9.86. The molecule has 2 bridgehead atoms. The zero-order valence-corrected chi connectivity index (χ0v) is 20.7. The lowest BCUT2D eigenvalue weighted by Gasteiger charge is -2.37. The van der Waals surface area contributed by atoms with Gasteiger partial charge in [0.25, 0.3) is 0 Å². The Hall–Kier alpha value is -1.47. The minimum Gasteiger partial charge on any atom is -0.480 e. The second kappa shape index (κ2) is 11.6. The van der Waals surface area contributed by atoms with Crippen LogP contribution < -0.4 is 0 Å². The van der Waals surface area contributed by atoms with Crippen molar-refractivity contribution in [1.29, 1.82) is 0 Å². The Labute approximate surface area is 195 Å². The van der Waals surface area contributed by atoms with E-state index in [0.717, 1.165) is 78.3 Å². The molecule has 0 saturated carbocycles. The van der Waals surface area contributed by atoms with E-state index in [0.29, 0.717) is 5.92 Å². The topological polar surface area (TPSA) is 50.3 Å². The van der Waals surface area contributed by atoms with Gasteiger partial charge in [-0.3, -0.25) is 9.69 Å². The Morgan fingerprint density at radius 3 is 2.25 bits per heavy atom. The molecule has 0 radical (unpaired) electrons. The molecular formula is C26H44N4O2. The summed E-state index contributed by atoms with van der Waals surface area (Å²) in [6, 6.07) is 9.23. The Morgan fingerprint density at radius 1 is 0.906 bits per heavy atom. The van der Waals surface area contributed by atoms with Gasteiger partial charge >= 0.3 is 5.97 Å². The van der Waals surface area contributed by atoms with Crippen molar-refractivity contribution in [2.75, 3.05) is 79.0 Å². The van der Waals surface area contributed by atoms with E-state index in [1.54, 1.807) is 0 Å². The molecule has 2 unspecified atom stereocenters. The molecule has 0 aromatic heterocycles. The summed E-state index contributed by atoms with van der Waals surface area (Å²) in [5, 5.41) is 9.30. The van der Waals surface area contributed by atoms with Crippen molar-refractivity contribution in [3.63, 3.8) is 0 Å². The maximum absolute atomic E-state index is 11.3. The third kappa shape index (κ3) is 8.14. The summed E-state index contributed by atoms with van der Waals surface area (Å²) in [7, 11) is 2.26. The molecule has 32 heavy (non-hydrogen) atoms. The van der Waals surface area contributed by atoms with Crippen LogP contribution in [0.4, 0.5) is 0 Å². The summed E-state index contributed by atoms with van der Waals surface area (Å²) >= 11 is 0. The summed E-state index contributed by atoms with van der Waals surface area (Å²) in [6.45, 7) is 17.2. The number of aliphatic carboxylic acids is 1. The van der Waals surface area contributed by atoms with Crippen molar-refractivity contribution in [3.05, 3.63) is 35.4 Å². The first kappa shape index (κ1) is 25.2. The third-order valence-corrected chi connectivity index (χ3v) is 7.00. The maximum Gasteiger partial charge on any atom is 0.317 e. The number of nitrogens with zero attached hydrogens (tertiary/aromatic N) is 4. The van der Waals surface area contributed by atoms with E-state index in [-0.39, 0.29) is 12.0 Å². The van der Waals surface area contributed by atoms with Crippen LogP contribution in [0.3, 0.4) is 0 Å². The van der Waals surface area contributed by atoms with Crippen LogP contribution in [0.25, 0.3) is 0 Å². The summed E-state index contributed by atoms with van der Waals surface area (Å²) < 4.78 is 0. The van der Waals surface area contributed by atoms with E-state index in [2.05, 4.69) is 71.7 Å². The molecule has 3 rings (SSSR count). The van der Waals surface area contributed by atoms with E-state index in [1.165, 1.54) is 11.1 Å². The van der Waals surface area contributed by atoms with Crippen LogP contribution in [-0.2, 0) is 16.6 Å². The van der Waals surface area contributed by atoms with Gasteiger partial charge < -0.3 is 19.8 Å². The predicted octanol–water partition coefficient (Wildman–Crippen LogP) is 2.48. The number of rotatable bonds is 4. The highest BCUT2D eigenvalue weighted by molar-refractivity contribution is 5.69. The largest absolute Gasteiger partial charge is 0.480 e. The lowest BCUT2D eigenvalue weighted by molar-refractivity contribution is -0.138. The normalized spacial score (nSPS) is 27.2. The number of fused-ring (bicyclic) bond motifs is 3. The van der Waals surface area contributed by atoms with Gasteiger partial charge in [-0.2, -0.15) is 0 Å². The van der Waals surface area contributed by atoms with Crippen molar-refractivity contribution < 1.29 is 9.90 Å². The zero-order chi connectivity index (χ0) is 23.1. The van der Waals surface area contributed by atoms with Crippen LogP contribution >= 0.6 is 0 Å². The van der Waals surface area contributed by atoms with Crippen molar-refractivity contribution in [2.45, 2.75) is 39.0 Å². The fourth-order valence-corrected chi connectivity index (χ4v) is 5.04. The summed E-state index contributed by atoms with van der Waals surface area (Å²) in [4.78, 5) is 21.1. The molecule has 0 amide bonds. The smallest absolute Gasteiger partial charge is 0.317 e. The Morgan fingerprint density at radius 2 is 1.56 bits per heavy atom. The fraction of sp³-hybridized carbons (Fsp3) is 0.731. The van der Waals surface area contributed by atoms with Crippen molar-refractivity contribution in [1.82, 2.24) is 19.6 Å². The SMILES string of the molecule is CN1CCN2CCCN(CC(=O)O)CCN(CC2)C[C@@H](Cc2ccc(C(C)(C)C)cc2)C1. The Balaban J connectivity index is 1.71. The second-order valence-electron chi connectivity index (χ2n) is 10.9. The van der Waals surface area contributed by atoms with Gasteiger partial charge in [0.05, 0.1) is 6.54 Å². The molecule has 3 atom stereocenters. The van der Waals surface area contributed by atoms with Crippen LogP contribution in [0.2, 0.25) is 0 Å². The highest BCUT2D eigenvalue weighted by atomic mass is 16.4. The minimum absolute atomic E-state index is 0.153. The predicted molar refractivity (Wildman–Crippen MR) is 131 cm³/mol. The second-order valence-corrected chi connectivity index (χ2v) is 10.9. The number of carbonyl (C=O) groups is 1. The molecule has 0 aliphatic carbocycles. The minimum atomic E-state index is -0.718. The van der Waals surface area contributed by atoms with Crippen LogP contribution in [-0.4, -0.2) is 110 Å². The standard InChI is InChI=1S/C26H44N4O2/c1-26(2,3)24-8-6-22(7-9-24)18-23-19-27(4)12-13-28-10-5-11-29(21-25(31)32)16-17-30(20-23)15-14-28/h6-9,23H,5,10-21H2,1-4H3,(H,31,32)/t23-/m0/s1. The number of likely N-dealkylation sites (N-methyl/N-ethyl adjacent to an activating group) is 1. The molecule has 6 nitrogen and oxygen atoms in total. The molecule has 2 aliphatic heterocycles. The first-order chi connectivity index (χ1) is 15.2. The first-order valence-corrected chi connectivity index (χ1v) is 12.4. The lowest BCUT2D eigenvalue weighted by Crippen LogP contribution is -2.49. The molecule has 2 heterocycles.